The lowest BCUT2D eigenvalue weighted by Crippen LogP contribution is -2.32. The predicted molar refractivity (Wildman–Crippen MR) is 78.1 cm³/mol. The Morgan fingerprint density at radius 1 is 1.33 bits per heavy atom. The topological polar surface area (TPSA) is 77.9 Å². The van der Waals surface area contributed by atoms with Crippen molar-refractivity contribution in [3.05, 3.63) is 35.3 Å². The Morgan fingerprint density at radius 2 is 2.19 bits per heavy atom. The highest BCUT2D eigenvalue weighted by Gasteiger charge is 2.30. The lowest BCUT2D eigenvalue weighted by Gasteiger charge is -2.32. The monoisotopic (exact) mass is 285 g/mol. The second-order valence-corrected chi connectivity index (χ2v) is 6.02. The van der Waals surface area contributed by atoms with Crippen LogP contribution in [0.5, 0.6) is 0 Å². The minimum absolute atomic E-state index is 0.156. The summed E-state index contributed by atoms with van der Waals surface area (Å²) >= 11 is 0. The second kappa shape index (κ2) is 4.80. The molecule has 1 fully saturated rings. The molecule has 0 spiro atoms. The average molecular weight is 285 g/mol. The van der Waals surface area contributed by atoms with E-state index in [-0.39, 0.29) is 6.10 Å². The molecule has 6 nitrogen and oxygen atoms in total. The number of aryl methyl sites for hydroxylation is 1. The summed E-state index contributed by atoms with van der Waals surface area (Å²) in [5.41, 5.74) is 3.41. The van der Waals surface area contributed by atoms with Crippen LogP contribution in [0, 0.1) is 6.92 Å². The second-order valence-electron chi connectivity index (χ2n) is 6.02. The lowest BCUT2D eigenvalue weighted by molar-refractivity contribution is 0.0731. The van der Waals surface area contributed by atoms with Gasteiger partial charge in [-0.3, -0.25) is 0 Å². The highest BCUT2D eigenvalue weighted by Crippen LogP contribution is 2.37. The summed E-state index contributed by atoms with van der Waals surface area (Å²) in [4.78, 5) is 19.0. The Bertz CT molecular complexity index is 662. The van der Waals surface area contributed by atoms with E-state index in [1.807, 2.05) is 6.92 Å². The number of nitrogens with one attached hydrogen (secondary N) is 1. The summed E-state index contributed by atoms with van der Waals surface area (Å²) in [6.45, 7) is 3.69. The SMILES string of the molecule is Cc1nc(C2CC(O)C2)cc(N2CCc3nc[nH]c3C2)n1. The molecular formula is C15H19N5O. The quantitative estimate of drug-likeness (QED) is 0.870. The van der Waals surface area contributed by atoms with Crippen molar-refractivity contribution < 1.29 is 5.11 Å². The Hall–Kier alpha value is -1.95. The summed E-state index contributed by atoms with van der Waals surface area (Å²) in [6, 6.07) is 2.09. The molecule has 0 radical (unpaired) electrons. The zero-order valence-corrected chi connectivity index (χ0v) is 12.1. The van der Waals surface area contributed by atoms with E-state index in [4.69, 9.17) is 0 Å². The molecule has 2 N–H and O–H groups in total. The number of aromatic nitrogens is 4. The molecule has 0 atom stereocenters. The van der Waals surface area contributed by atoms with Crippen molar-refractivity contribution in [3.8, 4) is 0 Å². The van der Waals surface area contributed by atoms with Crippen LogP contribution in [0.1, 0.15) is 41.7 Å². The first-order chi connectivity index (χ1) is 10.2. The fourth-order valence-corrected chi connectivity index (χ4v) is 3.18. The predicted octanol–water partition coefficient (Wildman–Crippen LogP) is 1.31. The molecule has 1 aliphatic carbocycles. The molecule has 0 saturated heterocycles. The molecule has 21 heavy (non-hydrogen) atoms. The Morgan fingerprint density at radius 3 is 3.00 bits per heavy atom. The fourth-order valence-electron chi connectivity index (χ4n) is 3.18. The van der Waals surface area contributed by atoms with E-state index >= 15 is 0 Å². The van der Waals surface area contributed by atoms with Crippen molar-refractivity contribution in [2.75, 3.05) is 11.4 Å². The molecule has 0 bridgehead atoms. The third-order valence-corrected chi connectivity index (χ3v) is 4.47. The van der Waals surface area contributed by atoms with Crippen LogP contribution in [0.15, 0.2) is 12.4 Å². The molecule has 0 aromatic carbocycles. The number of rotatable bonds is 2. The van der Waals surface area contributed by atoms with E-state index in [9.17, 15) is 5.11 Å². The van der Waals surface area contributed by atoms with Gasteiger partial charge in [0.15, 0.2) is 0 Å². The van der Waals surface area contributed by atoms with Crippen LogP contribution in [0.3, 0.4) is 0 Å². The van der Waals surface area contributed by atoms with E-state index in [0.29, 0.717) is 5.92 Å². The normalized spacial score (nSPS) is 24.6. The molecular weight excluding hydrogens is 266 g/mol. The Kier molecular flexibility index (Phi) is 2.92. The van der Waals surface area contributed by atoms with E-state index < -0.39 is 0 Å². The van der Waals surface area contributed by atoms with Gasteiger partial charge in [-0.1, -0.05) is 0 Å². The van der Waals surface area contributed by atoms with Crippen LogP contribution in [-0.2, 0) is 13.0 Å². The van der Waals surface area contributed by atoms with Crippen LogP contribution in [-0.4, -0.2) is 37.7 Å². The number of nitrogens with zero attached hydrogens (tertiary/aromatic N) is 4. The third-order valence-electron chi connectivity index (χ3n) is 4.47. The van der Waals surface area contributed by atoms with Crippen LogP contribution >= 0.6 is 0 Å². The number of aliphatic hydroxyl groups is 1. The van der Waals surface area contributed by atoms with Crippen LogP contribution < -0.4 is 4.90 Å². The van der Waals surface area contributed by atoms with Gasteiger partial charge in [0.1, 0.15) is 11.6 Å². The number of hydrogen-bond acceptors (Lipinski definition) is 5. The standard InChI is InChI=1S/C15H19N5O/c1-9-18-13(10-4-11(21)5-10)6-15(19-9)20-3-2-12-14(7-20)17-8-16-12/h6,8,10-11,21H,2-5,7H2,1H3,(H,16,17). The largest absolute Gasteiger partial charge is 0.393 e. The summed E-state index contributed by atoms with van der Waals surface area (Å²) in [5.74, 6) is 2.17. The summed E-state index contributed by atoms with van der Waals surface area (Å²) in [6.07, 6.45) is 4.19. The lowest BCUT2D eigenvalue weighted by atomic mass is 9.80. The number of imidazole rings is 1. The van der Waals surface area contributed by atoms with Gasteiger partial charge in [-0.05, 0) is 19.8 Å². The zero-order chi connectivity index (χ0) is 14.4. The van der Waals surface area contributed by atoms with Gasteiger partial charge in [-0.15, -0.1) is 0 Å². The number of anilines is 1. The minimum Gasteiger partial charge on any atom is -0.393 e. The van der Waals surface area contributed by atoms with Gasteiger partial charge < -0.3 is 15.0 Å². The molecule has 2 aliphatic rings. The molecule has 6 heteroatoms. The van der Waals surface area contributed by atoms with Crippen LogP contribution in [0.25, 0.3) is 0 Å². The van der Waals surface area contributed by atoms with Crippen molar-refractivity contribution in [3.63, 3.8) is 0 Å². The summed E-state index contributed by atoms with van der Waals surface area (Å²) < 4.78 is 0. The van der Waals surface area contributed by atoms with Crippen LogP contribution in [0.4, 0.5) is 5.82 Å². The van der Waals surface area contributed by atoms with E-state index in [0.717, 1.165) is 49.7 Å². The maximum Gasteiger partial charge on any atom is 0.132 e. The number of fused-ring (bicyclic) bond motifs is 1. The van der Waals surface area contributed by atoms with E-state index in [1.54, 1.807) is 6.33 Å². The highest BCUT2D eigenvalue weighted by molar-refractivity contribution is 5.43. The number of hydrogen-bond donors (Lipinski definition) is 2. The van der Waals surface area contributed by atoms with Crippen molar-refractivity contribution in [2.24, 2.45) is 0 Å². The van der Waals surface area contributed by atoms with Gasteiger partial charge in [0.25, 0.3) is 0 Å². The zero-order valence-electron chi connectivity index (χ0n) is 12.1. The molecule has 1 aliphatic heterocycles. The molecule has 3 heterocycles. The molecule has 0 unspecified atom stereocenters. The van der Waals surface area contributed by atoms with E-state index in [1.165, 1.54) is 11.4 Å². The highest BCUT2D eigenvalue weighted by atomic mass is 16.3. The molecule has 4 rings (SSSR count). The van der Waals surface area contributed by atoms with E-state index in [2.05, 4.69) is 30.9 Å². The van der Waals surface area contributed by atoms with Crippen molar-refractivity contribution in [1.29, 1.82) is 0 Å². The van der Waals surface area contributed by atoms with Gasteiger partial charge in [-0.25, -0.2) is 15.0 Å². The Labute approximate surface area is 123 Å². The summed E-state index contributed by atoms with van der Waals surface area (Å²) in [7, 11) is 0. The van der Waals surface area contributed by atoms with Crippen LogP contribution in [0.2, 0.25) is 0 Å². The van der Waals surface area contributed by atoms with Gasteiger partial charge in [0, 0.05) is 30.6 Å². The first-order valence-electron chi connectivity index (χ1n) is 7.49. The number of aromatic amines is 1. The van der Waals surface area contributed by atoms with Gasteiger partial charge in [-0.2, -0.15) is 0 Å². The molecule has 110 valence electrons. The molecule has 2 aromatic rings. The first kappa shape index (κ1) is 12.8. The summed E-state index contributed by atoms with van der Waals surface area (Å²) in [5, 5.41) is 9.49. The smallest absolute Gasteiger partial charge is 0.132 e. The molecule has 0 amide bonds. The molecule has 2 aromatic heterocycles. The minimum atomic E-state index is -0.156. The van der Waals surface area contributed by atoms with Gasteiger partial charge >= 0.3 is 0 Å². The van der Waals surface area contributed by atoms with Crippen molar-refractivity contribution >= 4 is 5.82 Å². The maximum atomic E-state index is 9.49. The fraction of sp³-hybridized carbons (Fsp3) is 0.533. The van der Waals surface area contributed by atoms with Gasteiger partial charge in [0.2, 0.25) is 0 Å². The Balaban J connectivity index is 1.60. The van der Waals surface area contributed by atoms with Crippen molar-refractivity contribution in [2.45, 2.75) is 44.8 Å². The first-order valence-corrected chi connectivity index (χ1v) is 7.49. The van der Waals surface area contributed by atoms with Gasteiger partial charge in [0.05, 0.1) is 30.4 Å². The molecule has 1 saturated carbocycles. The van der Waals surface area contributed by atoms with Crippen molar-refractivity contribution in [1.82, 2.24) is 19.9 Å². The average Bonchev–Trinajstić information content (AvgIpc) is 2.90. The number of H-pyrrole nitrogens is 1. The third kappa shape index (κ3) is 2.29. The maximum absolute atomic E-state index is 9.49. The number of aliphatic hydroxyl groups excluding tert-OH is 1.